The van der Waals surface area contributed by atoms with E-state index < -0.39 is 0 Å². The summed E-state index contributed by atoms with van der Waals surface area (Å²) in [6.45, 7) is 3.59. The molecule has 0 radical (unpaired) electrons. The van der Waals surface area contributed by atoms with Gasteiger partial charge in [0.25, 0.3) is 0 Å². The number of aliphatic hydroxyl groups excluding tert-OH is 1. The van der Waals surface area contributed by atoms with E-state index in [1.807, 2.05) is 24.3 Å². The smallest absolute Gasteiger partial charge is 0.119 e. The summed E-state index contributed by atoms with van der Waals surface area (Å²) in [5.74, 6) is 1.44. The second-order valence-corrected chi connectivity index (χ2v) is 7.51. The van der Waals surface area contributed by atoms with E-state index in [0.29, 0.717) is 12.4 Å². The first-order chi connectivity index (χ1) is 14.3. The van der Waals surface area contributed by atoms with Crippen molar-refractivity contribution < 1.29 is 9.84 Å². The van der Waals surface area contributed by atoms with E-state index in [-0.39, 0.29) is 6.61 Å². The molecule has 0 fully saturated rings. The molecule has 0 bridgehead atoms. The van der Waals surface area contributed by atoms with Crippen LogP contribution in [-0.4, -0.2) is 60.8 Å². The van der Waals surface area contributed by atoms with Crippen LogP contribution in [0.25, 0.3) is 21.8 Å². The van der Waals surface area contributed by atoms with Crippen LogP contribution >= 0.6 is 11.6 Å². The fourth-order valence-corrected chi connectivity index (χ4v) is 3.87. The Morgan fingerprint density at radius 1 is 1.00 bits per heavy atom. The molecule has 0 aliphatic heterocycles. The van der Waals surface area contributed by atoms with Gasteiger partial charge in [-0.25, -0.2) is 4.98 Å². The number of para-hydroxylation sites is 1. The number of fused-ring (bicyclic) bond motifs is 2. The number of unbranched alkanes of at least 4 members (excludes halogenated alkanes) is 2. The molecule has 0 spiro atoms. The number of nitrogens with one attached hydrogen (secondary N) is 1. The molecule has 2 N–H and O–H groups in total. The topological polar surface area (TPSA) is 57.6 Å². The van der Waals surface area contributed by atoms with Gasteiger partial charge in [0.05, 0.1) is 30.4 Å². The molecule has 1 heterocycles. The zero-order valence-corrected chi connectivity index (χ0v) is 17.8. The van der Waals surface area contributed by atoms with E-state index in [9.17, 15) is 0 Å². The average molecular weight is 416 g/mol. The number of aliphatic hydroxyl groups is 1. The van der Waals surface area contributed by atoms with Gasteiger partial charge in [0.15, 0.2) is 0 Å². The van der Waals surface area contributed by atoms with E-state index in [2.05, 4.69) is 28.4 Å². The zero-order chi connectivity index (χ0) is 20.5. The van der Waals surface area contributed by atoms with Crippen molar-refractivity contribution in [2.24, 2.45) is 0 Å². The van der Waals surface area contributed by atoms with Crippen LogP contribution in [0.1, 0.15) is 19.3 Å². The predicted molar refractivity (Wildman–Crippen MR) is 122 cm³/mol. The number of alkyl halides is 1. The minimum atomic E-state index is 0.185. The molecule has 6 heteroatoms. The summed E-state index contributed by atoms with van der Waals surface area (Å²) in [5.41, 5.74) is 3.08. The van der Waals surface area contributed by atoms with Crippen molar-refractivity contribution in [1.29, 1.82) is 0 Å². The number of rotatable bonds is 12. The standard InChI is InChI=1S/C23H30ClN3O2/c1-29-18-9-10-22-20(17-18)23(19-7-3-4-8-21(19)26-22)25-12-5-2-6-13-27(14-11-24)15-16-28/h3-4,7-10,17,28H,2,5-6,11-16H2,1H3,(H,25,26). The first-order valence-corrected chi connectivity index (χ1v) is 10.8. The third kappa shape index (κ3) is 5.72. The quantitative estimate of drug-likeness (QED) is 0.259. The summed E-state index contributed by atoms with van der Waals surface area (Å²) in [5, 5.41) is 15.0. The van der Waals surface area contributed by atoms with Gasteiger partial charge in [-0.1, -0.05) is 24.6 Å². The molecule has 3 aromatic rings. The lowest BCUT2D eigenvalue weighted by atomic mass is 10.1. The predicted octanol–water partition coefficient (Wildman–Crippen LogP) is 4.51. The number of aromatic nitrogens is 1. The monoisotopic (exact) mass is 415 g/mol. The molecular formula is C23H30ClN3O2. The molecule has 0 aliphatic carbocycles. The number of halogens is 1. The second-order valence-electron chi connectivity index (χ2n) is 7.13. The Labute approximate surface area is 177 Å². The zero-order valence-electron chi connectivity index (χ0n) is 17.0. The fraction of sp³-hybridized carbons (Fsp3) is 0.435. The maximum Gasteiger partial charge on any atom is 0.119 e. The molecular weight excluding hydrogens is 386 g/mol. The van der Waals surface area contributed by atoms with Crippen molar-refractivity contribution in [3.8, 4) is 5.75 Å². The molecule has 5 nitrogen and oxygen atoms in total. The Balaban J connectivity index is 1.65. The molecule has 0 saturated heterocycles. The van der Waals surface area contributed by atoms with Crippen molar-refractivity contribution in [3.63, 3.8) is 0 Å². The van der Waals surface area contributed by atoms with Crippen molar-refractivity contribution in [3.05, 3.63) is 42.5 Å². The van der Waals surface area contributed by atoms with Crippen LogP contribution in [0.15, 0.2) is 42.5 Å². The molecule has 0 unspecified atom stereocenters. The molecule has 0 saturated carbocycles. The highest BCUT2D eigenvalue weighted by Gasteiger charge is 2.10. The summed E-state index contributed by atoms with van der Waals surface area (Å²) in [6.07, 6.45) is 3.31. The molecule has 1 aromatic heterocycles. The number of nitrogens with zero attached hydrogens (tertiary/aromatic N) is 2. The first-order valence-electron chi connectivity index (χ1n) is 10.3. The third-order valence-electron chi connectivity index (χ3n) is 5.16. The lowest BCUT2D eigenvalue weighted by Gasteiger charge is -2.19. The van der Waals surface area contributed by atoms with Crippen LogP contribution in [0.3, 0.4) is 0 Å². The lowest BCUT2D eigenvalue weighted by Crippen LogP contribution is -2.29. The highest BCUT2D eigenvalue weighted by molar-refractivity contribution is 6.18. The summed E-state index contributed by atoms with van der Waals surface area (Å²) in [6, 6.07) is 14.3. The van der Waals surface area contributed by atoms with Crippen LogP contribution < -0.4 is 10.1 Å². The number of methoxy groups -OCH3 is 1. The van der Waals surface area contributed by atoms with Gasteiger partial charge in [0, 0.05) is 36.3 Å². The Morgan fingerprint density at radius 2 is 1.83 bits per heavy atom. The fourth-order valence-electron chi connectivity index (χ4n) is 3.63. The van der Waals surface area contributed by atoms with Crippen LogP contribution in [0, 0.1) is 0 Å². The van der Waals surface area contributed by atoms with Crippen LogP contribution in [0.4, 0.5) is 5.69 Å². The van der Waals surface area contributed by atoms with Crippen molar-refractivity contribution >= 4 is 39.1 Å². The van der Waals surface area contributed by atoms with Gasteiger partial charge >= 0.3 is 0 Å². The third-order valence-corrected chi connectivity index (χ3v) is 5.33. The van der Waals surface area contributed by atoms with Gasteiger partial charge in [-0.15, -0.1) is 11.6 Å². The minimum absolute atomic E-state index is 0.185. The highest BCUT2D eigenvalue weighted by atomic mass is 35.5. The maximum atomic E-state index is 9.13. The number of benzene rings is 2. The highest BCUT2D eigenvalue weighted by Crippen LogP contribution is 2.33. The Morgan fingerprint density at radius 3 is 2.62 bits per heavy atom. The average Bonchev–Trinajstić information content (AvgIpc) is 2.75. The van der Waals surface area contributed by atoms with Crippen LogP contribution in [0.2, 0.25) is 0 Å². The van der Waals surface area contributed by atoms with Gasteiger partial charge in [-0.05, 0) is 43.7 Å². The number of pyridine rings is 1. The van der Waals surface area contributed by atoms with Crippen molar-refractivity contribution in [1.82, 2.24) is 9.88 Å². The maximum absolute atomic E-state index is 9.13. The van der Waals surface area contributed by atoms with E-state index in [1.165, 1.54) is 0 Å². The summed E-state index contributed by atoms with van der Waals surface area (Å²) in [7, 11) is 1.69. The number of ether oxygens (including phenoxy) is 1. The molecule has 156 valence electrons. The molecule has 0 aliphatic rings. The van der Waals surface area contributed by atoms with E-state index in [4.69, 9.17) is 26.4 Å². The minimum Gasteiger partial charge on any atom is -0.497 e. The van der Waals surface area contributed by atoms with E-state index in [1.54, 1.807) is 7.11 Å². The van der Waals surface area contributed by atoms with Crippen LogP contribution in [0.5, 0.6) is 5.75 Å². The Bertz CT molecular complexity index is 913. The summed E-state index contributed by atoms with van der Waals surface area (Å²) >= 11 is 5.83. The van der Waals surface area contributed by atoms with Gasteiger partial charge in [0.1, 0.15) is 5.75 Å². The second kappa shape index (κ2) is 11.2. The number of hydrogen-bond donors (Lipinski definition) is 2. The van der Waals surface area contributed by atoms with Gasteiger partial charge in [0.2, 0.25) is 0 Å². The summed E-state index contributed by atoms with van der Waals surface area (Å²) < 4.78 is 5.42. The molecule has 29 heavy (non-hydrogen) atoms. The van der Waals surface area contributed by atoms with Crippen LogP contribution in [-0.2, 0) is 0 Å². The van der Waals surface area contributed by atoms with E-state index in [0.717, 1.165) is 72.1 Å². The molecule has 0 amide bonds. The largest absolute Gasteiger partial charge is 0.497 e. The molecule has 3 rings (SSSR count). The number of hydrogen-bond acceptors (Lipinski definition) is 5. The Hall–Kier alpha value is -2.08. The normalized spacial score (nSPS) is 11.4. The molecule has 0 atom stereocenters. The Kier molecular flexibility index (Phi) is 8.35. The van der Waals surface area contributed by atoms with E-state index >= 15 is 0 Å². The SMILES string of the molecule is COc1ccc2nc3ccccc3c(NCCCCCN(CCO)CCCl)c2c1. The summed E-state index contributed by atoms with van der Waals surface area (Å²) in [4.78, 5) is 7.01. The van der Waals surface area contributed by atoms with Gasteiger partial charge in [-0.3, -0.25) is 4.90 Å². The number of anilines is 1. The van der Waals surface area contributed by atoms with Crippen molar-refractivity contribution in [2.75, 3.05) is 51.1 Å². The molecule has 2 aromatic carbocycles. The lowest BCUT2D eigenvalue weighted by molar-refractivity contribution is 0.200. The first kappa shape index (κ1) is 21.6. The van der Waals surface area contributed by atoms with Gasteiger partial charge in [-0.2, -0.15) is 0 Å². The van der Waals surface area contributed by atoms with Gasteiger partial charge < -0.3 is 15.2 Å². The van der Waals surface area contributed by atoms with Crippen molar-refractivity contribution in [2.45, 2.75) is 19.3 Å².